The highest BCUT2D eigenvalue weighted by Crippen LogP contribution is 2.35. The van der Waals surface area contributed by atoms with E-state index < -0.39 is 12.0 Å². The number of hydrogen-bond donors (Lipinski definition) is 0. The lowest BCUT2D eigenvalue weighted by atomic mass is 9.96. The molecule has 3 heterocycles. The number of carbonyl (C=O) groups is 1. The molecule has 11 heteroatoms. The fraction of sp³-hybridized carbons (Fsp3) is 0.179. The van der Waals surface area contributed by atoms with E-state index in [0.717, 1.165) is 4.90 Å². The first kappa shape index (κ1) is 27.5. The van der Waals surface area contributed by atoms with Gasteiger partial charge in [-0.15, -0.1) is 0 Å². The average molecular weight is 646 g/mol. The molecule has 39 heavy (non-hydrogen) atoms. The van der Waals surface area contributed by atoms with E-state index in [9.17, 15) is 9.59 Å². The minimum Gasteiger partial charge on any atom is -0.496 e. The highest BCUT2D eigenvalue weighted by molar-refractivity contribution is 9.10. The van der Waals surface area contributed by atoms with Gasteiger partial charge in [0.2, 0.25) is 0 Å². The fourth-order valence-electron chi connectivity index (χ4n) is 4.17. The predicted octanol–water partition coefficient (Wildman–Crippen LogP) is 5.97. The van der Waals surface area contributed by atoms with Crippen LogP contribution in [0.2, 0.25) is 5.02 Å². The number of aromatic nitrogens is 1. The van der Waals surface area contributed by atoms with E-state index in [0.29, 0.717) is 52.3 Å². The van der Waals surface area contributed by atoms with Crippen molar-refractivity contribution in [3.8, 4) is 5.75 Å². The van der Waals surface area contributed by atoms with Gasteiger partial charge in [0.05, 0.1) is 40.0 Å². The van der Waals surface area contributed by atoms with Crippen molar-refractivity contribution >= 4 is 62.7 Å². The summed E-state index contributed by atoms with van der Waals surface area (Å²) in [7, 11) is 1.57. The molecule has 2 aromatic carbocycles. The van der Waals surface area contributed by atoms with Crippen LogP contribution in [0.15, 0.2) is 94.5 Å². The third kappa shape index (κ3) is 5.65. The molecular weight excluding hydrogens is 624 g/mol. The SMILES string of the molecule is CCOC(=O)C1=C(C)N=c2s/c(=C/c3ccc(Sc4ccc(Cl)cc4)o3)c(=O)n2[C@@H]1c1ccc(OC)c(Br)c1. The van der Waals surface area contributed by atoms with Gasteiger partial charge in [-0.1, -0.05) is 40.8 Å². The maximum absolute atomic E-state index is 13.8. The Morgan fingerprint density at radius 1 is 1.23 bits per heavy atom. The molecule has 0 aliphatic carbocycles. The van der Waals surface area contributed by atoms with Gasteiger partial charge in [-0.2, -0.15) is 0 Å². The Morgan fingerprint density at radius 3 is 2.69 bits per heavy atom. The van der Waals surface area contributed by atoms with Crippen molar-refractivity contribution in [1.29, 1.82) is 0 Å². The van der Waals surface area contributed by atoms with Crippen LogP contribution in [0.3, 0.4) is 0 Å². The van der Waals surface area contributed by atoms with Gasteiger partial charge in [-0.25, -0.2) is 9.79 Å². The molecule has 0 spiro atoms. The van der Waals surface area contributed by atoms with Crippen LogP contribution in [-0.2, 0) is 9.53 Å². The molecule has 1 atom stereocenters. The minimum atomic E-state index is -0.725. The number of halogens is 2. The topological polar surface area (TPSA) is 83.0 Å². The molecule has 0 amide bonds. The van der Waals surface area contributed by atoms with Crippen LogP contribution < -0.4 is 19.6 Å². The Bertz CT molecular complexity index is 1770. The van der Waals surface area contributed by atoms with Crippen LogP contribution in [0.4, 0.5) is 0 Å². The number of benzene rings is 2. The molecule has 0 unspecified atom stereocenters. The number of ether oxygens (including phenoxy) is 2. The van der Waals surface area contributed by atoms with Crippen LogP contribution in [0, 0.1) is 0 Å². The first-order chi connectivity index (χ1) is 18.8. The summed E-state index contributed by atoms with van der Waals surface area (Å²) in [5, 5.41) is 1.34. The highest BCUT2D eigenvalue weighted by atomic mass is 79.9. The molecule has 200 valence electrons. The zero-order chi connectivity index (χ0) is 27.7. The Kier molecular flexibility index (Phi) is 8.18. The number of methoxy groups -OCH3 is 1. The van der Waals surface area contributed by atoms with Gasteiger partial charge in [0, 0.05) is 16.0 Å². The van der Waals surface area contributed by atoms with Crippen molar-refractivity contribution in [2.75, 3.05) is 13.7 Å². The Balaban J connectivity index is 1.58. The van der Waals surface area contributed by atoms with E-state index in [1.165, 1.54) is 27.7 Å². The summed E-state index contributed by atoms with van der Waals surface area (Å²) < 4.78 is 19.4. The van der Waals surface area contributed by atoms with Gasteiger partial charge in [0.25, 0.3) is 5.56 Å². The number of thiazole rings is 1. The molecule has 0 N–H and O–H groups in total. The molecule has 0 saturated carbocycles. The second-order valence-electron chi connectivity index (χ2n) is 8.41. The van der Waals surface area contributed by atoms with Crippen molar-refractivity contribution < 1.29 is 18.7 Å². The van der Waals surface area contributed by atoms with E-state index in [1.54, 1.807) is 33.1 Å². The number of rotatable bonds is 7. The molecule has 0 fully saturated rings. The molecule has 2 aromatic heterocycles. The van der Waals surface area contributed by atoms with Gasteiger partial charge in [0.15, 0.2) is 9.89 Å². The average Bonchev–Trinajstić information content (AvgIpc) is 3.48. The normalized spacial score (nSPS) is 15.2. The van der Waals surface area contributed by atoms with Crippen LogP contribution in [0.25, 0.3) is 6.08 Å². The maximum atomic E-state index is 13.8. The lowest BCUT2D eigenvalue weighted by molar-refractivity contribution is -0.139. The smallest absolute Gasteiger partial charge is 0.338 e. The van der Waals surface area contributed by atoms with Crippen molar-refractivity contribution in [1.82, 2.24) is 4.57 Å². The Labute approximate surface area is 245 Å². The number of fused-ring (bicyclic) bond motifs is 1. The third-order valence-electron chi connectivity index (χ3n) is 5.92. The largest absolute Gasteiger partial charge is 0.496 e. The summed E-state index contributed by atoms with van der Waals surface area (Å²) >= 11 is 12.2. The fourth-order valence-corrected chi connectivity index (χ4v) is 6.66. The molecule has 5 rings (SSSR count). The van der Waals surface area contributed by atoms with Crippen LogP contribution in [-0.4, -0.2) is 24.3 Å². The summed E-state index contributed by atoms with van der Waals surface area (Å²) in [6, 6.07) is 15.8. The van der Waals surface area contributed by atoms with Crippen molar-refractivity contribution in [2.45, 2.75) is 29.9 Å². The first-order valence-corrected chi connectivity index (χ1v) is 14.7. The molecule has 7 nitrogen and oxygen atoms in total. The van der Waals surface area contributed by atoms with E-state index in [1.807, 2.05) is 48.5 Å². The van der Waals surface area contributed by atoms with Crippen molar-refractivity contribution in [3.05, 3.63) is 106 Å². The monoisotopic (exact) mass is 644 g/mol. The number of carbonyl (C=O) groups excluding carboxylic acids is 1. The van der Waals surface area contributed by atoms with Gasteiger partial charge < -0.3 is 13.9 Å². The second-order valence-corrected chi connectivity index (χ2v) is 11.8. The van der Waals surface area contributed by atoms with Crippen LogP contribution >= 0.6 is 50.6 Å². The molecule has 1 aliphatic rings. The lowest BCUT2D eigenvalue weighted by Crippen LogP contribution is -2.39. The summed E-state index contributed by atoms with van der Waals surface area (Å²) in [5.74, 6) is 0.649. The van der Waals surface area contributed by atoms with Gasteiger partial charge >= 0.3 is 5.97 Å². The predicted molar refractivity (Wildman–Crippen MR) is 155 cm³/mol. The standard InChI is InChI=1S/C28H22BrClN2O5S2/c1-4-36-27(34)24-15(2)31-28-32(25(24)16-5-11-21(35-3)20(29)13-16)26(33)22(39-28)14-18-8-12-23(37-18)38-19-9-6-17(30)7-10-19/h5-14,25H,4H2,1-3H3/b22-14+/t25-/m1/s1. The van der Waals surface area contributed by atoms with Gasteiger partial charge in [0.1, 0.15) is 11.5 Å². The van der Waals surface area contributed by atoms with Gasteiger partial charge in [-0.05, 0) is 83.9 Å². The minimum absolute atomic E-state index is 0.202. The molecule has 0 bridgehead atoms. The van der Waals surface area contributed by atoms with Crippen molar-refractivity contribution in [3.63, 3.8) is 0 Å². The number of hydrogen-bond acceptors (Lipinski definition) is 8. The van der Waals surface area contributed by atoms with Crippen LogP contribution in [0.5, 0.6) is 5.75 Å². The zero-order valence-electron chi connectivity index (χ0n) is 21.1. The van der Waals surface area contributed by atoms with Crippen molar-refractivity contribution in [2.24, 2.45) is 4.99 Å². The van der Waals surface area contributed by atoms with E-state index in [-0.39, 0.29) is 12.2 Å². The van der Waals surface area contributed by atoms with Crippen LogP contribution in [0.1, 0.15) is 31.2 Å². The highest BCUT2D eigenvalue weighted by Gasteiger charge is 2.33. The summed E-state index contributed by atoms with van der Waals surface area (Å²) in [5.41, 5.74) is 1.24. The Hall–Kier alpha value is -3.05. The maximum Gasteiger partial charge on any atom is 0.338 e. The first-order valence-electron chi connectivity index (χ1n) is 11.9. The van der Waals surface area contributed by atoms with E-state index >= 15 is 0 Å². The summed E-state index contributed by atoms with van der Waals surface area (Å²) in [6.07, 6.45) is 1.69. The molecule has 1 aliphatic heterocycles. The number of furan rings is 1. The van der Waals surface area contributed by atoms with E-state index in [4.69, 9.17) is 25.5 Å². The number of allylic oxidation sites excluding steroid dienone is 1. The lowest BCUT2D eigenvalue weighted by Gasteiger charge is -2.25. The number of esters is 1. The third-order valence-corrected chi connectivity index (χ3v) is 8.70. The number of nitrogens with zero attached hydrogens (tertiary/aromatic N) is 2. The molecule has 0 saturated heterocycles. The van der Waals surface area contributed by atoms with E-state index in [2.05, 4.69) is 20.9 Å². The molecule has 4 aromatic rings. The Morgan fingerprint density at radius 2 is 2.00 bits per heavy atom. The van der Waals surface area contributed by atoms with Gasteiger partial charge in [-0.3, -0.25) is 9.36 Å². The second kappa shape index (κ2) is 11.6. The summed E-state index contributed by atoms with van der Waals surface area (Å²) in [6.45, 7) is 3.69. The molecular formula is C28H22BrClN2O5S2. The molecule has 0 radical (unpaired) electrons. The quantitative estimate of drug-likeness (QED) is 0.231. The summed E-state index contributed by atoms with van der Waals surface area (Å²) in [4.78, 5) is 32.9. The zero-order valence-corrected chi connectivity index (χ0v) is 25.0.